The lowest BCUT2D eigenvalue weighted by molar-refractivity contribution is -0.120. The number of hydrogen-bond acceptors (Lipinski definition) is 4. The van der Waals surface area contributed by atoms with Crippen LogP contribution in [0.3, 0.4) is 0 Å². The number of rotatable bonds is 8. The molecule has 0 aliphatic rings. The van der Waals surface area contributed by atoms with E-state index in [0.29, 0.717) is 18.7 Å². The predicted octanol–water partition coefficient (Wildman–Crippen LogP) is 0.804. The molecule has 0 atom stereocenters. The van der Waals surface area contributed by atoms with Gasteiger partial charge < -0.3 is 5.32 Å². The third kappa shape index (κ3) is 8.50. The first-order valence-corrected chi connectivity index (χ1v) is 7.58. The van der Waals surface area contributed by atoms with Crippen molar-refractivity contribution in [2.24, 2.45) is 0 Å². The zero-order valence-corrected chi connectivity index (χ0v) is 10.5. The van der Waals surface area contributed by atoms with Crippen molar-refractivity contribution < 1.29 is 13.2 Å². The second-order valence-corrected chi connectivity index (χ2v) is 6.14. The fourth-order valence-electron chi connectivity index (χ4n) is 0.748. The van der Waals surface area contributed by atoms with Gasteiger partial charge in [-0.2, -0.15) is 11.8 Å². The van der Waals surface area contributed by atoms with Crippen molar-refractivity contribution in [3.05, 3.63) is 12.0 Å². The molecule has 0 aliphatic carbocycles. The first-order chi connectivity index (χ1) is 7.02. The number of hydrogen-bond donors (Lipinski definition) is 1. The minimum absolute atomic E-state index is 0.0225. The maximum absolute atomic E-state index is 11.0. The summed E-state index contributed by atoms with van der Waals surface area (Å²) in [6.07, 6.45) is 0.482. The van der Waals surface area contributed by atoms with E-state index in [1.807, 2.05) is 0 Å². The molecule has 0 heterocycles. The summed E-state index contributed by atoms with van der Waals surface area (Å²) in [7, 11) is -3.07. The van der Waals surface area contributed by atoms with Gasteiger partial charge in [0, 0.05) is 29.9 Å². The normalized spacial score (nSPS) is 11.0. The fraction of sp³-hybridized carbons (Fsp3) is 0.667. The summed E-state index contributed by atoms with van der Waals surface area (Å²) in [5.41, 5.74) is 0. The summed E-state index contributed by atoms with van der Waals surface area (Å²) in [6.45, 7) is 5.61. The molecule has 15 heavy (non-hydrogen) atoms. The monoisotopic (exact) mass is 251 g/mol. The highest BCUT2D eigenvalue weighted by Crippen LogP contribution is 2.01. The Hall–Kier alpha value is -0.490. The summed E-state index contributed by atoms with van der Waals surface area (Å²) in [5.74, 6) is 1.41. The van der Waals surface area contributed by atoms with Gasteiger partial charge in [0.1, 0.15) is 0 Å². The predicted molar refractivity (Wildman–Crippen MR) is 64.6 cm³/mol. The zero-order valence-electron chi connectivity index (χ0n) is 8.86. The van der Waals surface area contributed by atoms with Crippen LogP contribution in [0.15, 0.2) is 12.0 Å². The van der Waals surface area contributed by atoms with E-state index in [0.717, 1.165) is 11.2 Å². The Morgan fingerprint density at radius 2 is 2.13 bits per heavy atom. The van der Waals surface area contributed by atoms with E-state index in [9.17, 15) is 13.2 Å². The first kappa shape index (κ1) is 14.5. The van der Waals surface area contributed by atoms with Gasteiger partial charge in [-0.3, -0.25) is 4.79 Å². The molecular weight excluding hydrogens is 234 g/mol. The molecule has 1 amide bonds. The van der Waals surface area contributed by atoms with Crippen molar-refractivity contribution in [1.29, 1.82) is 0 Å². The van der Waals surface area contributed by atoms with Gasteiger partial charge in [-0.15, -0.1) is 0 Å². The van der Waals surface area contributed by atoms with Crippen molar-refractivity contribution in [2.45, 2.75) is 13.3 Å². The summed E-state index contributed by atoms with van der Waals surface area (Å²) < 4.78 is 22.0. The number of nitrogens with one attached hydrogen (secondary N) is 1. The SMILES string of the molecule is C=CS(=O)(=O)CCSCCNC(=O)CC. The van der Waals surface area contributed by atoms with Crippen LogP contribution in [-0.4, -0.2) is 38.1 Å². The van der Waals surface area contributed by atoms with Gasteiger partial charge in [0.05, 0.1) is 5.75 Å². The lowest BCUT2D eigenvalue weighted by atomic mass is 10.4. The van der Waals surface area contributed by atoms with Gasteiger partial charge in [0.15, 0.2) is 9.84 Å². The number of carbonyl (C=O) groups is 1. The van der Waals surface area contributed by atoms with Gasteiger partial charge in [-0.05, 0) is 0 Å². The van der Waals surface area contributed by atoms with Crippen LogP contribution in [0.2, 0.25) is 0 Å². The lowest BCUT2D eigenvalue weighted by Crippen LogP contribution is -2.24. The van der Waals surface area contributed by atoms with Gasteiger partial charge in [0.25, 0.3) is 0 Å². The van der Waals surface area contributed by atoms with Gasteiger partial charge in [-0.25, -0.2) is 8.42 Å². The van der Waals surface area contributed by atoms with Crippen molar-refractivity contribution in [3.8, 4) is 0 Å². The van der Waals surface area contributed by atoms with Crippen molar-refractivity contribution in [2.75, 3.05) is 23.8 Å². The molecular formula is C9H17NO3S2. The van der Waals surface area contributed by atoms with E-state index in [1.54, 1.807) is 6.92 Å². The first-order valence-electron chi connectivity index (χ1n) is 4.71. The third-order valence-electron chi connectivity index (χ3n) is 1.66. The standard InChI is InChI=1S/C9H17NO3S2/c1-3-9(11)10-5-6-14-7-8-15(12,13)4-2/h4H,2-3,5-8H2,1H3,(H,10,11). The molecule has 0 aromatic carbocycles. The summed E-state index contributed by atoms with van der Waals surface area (Å²) in [5, 5.41) is 3.69. The van der Waals surface area contributed by atoms with E-state index < -0.39 is 9.84 Å². The van der Waals surface area contributed by atoms with E-state index in [1.165, 1.54) is 11.8 Å². The minimum Gasteiger partial charge on any atom is -0.355 e. The lowest BCUT2D eigenvalue weighted by Gasteiger charge is -2.02. The molecule has 0 aromatic heterocycles. The van der Waals surface area contributed by atoms with E-state index in [2.05, 4.69) is 11.9 Å². The summed E-state index contributed by atoms with van der Waals surface area (Å²) in [4.78, 5) is 10.8. The molecule has 0 saturated carbocycles. The Kier molecular flexibility index (Phi) is 7.50. The van der Waals surface area contributed by atoms with Crippen molar-refractivity contribution in [3.63, 3.8) is 0 Å². The second kappa shape index (κ2) is 7.76. The third-order valence-corrected chi connectivity index (χ3v) is 4.18. The molecule has 88 valence electrons. The van der Waals surface area contributed by atoms with Crippen molar-refractivity contribution >= 4 is 27.5 Å². The van der Waals surface area contributed by atoms with Crippen LogP contribution in [0.1, 0.15) is 13.3 Å². The maximum atomic E-state index is 11.0. The highest BCUT2D eigenvalue weighted by molar-refractivity contribution is 8.01. The van der Waals surface area contributed by atoms with Crippen LogP contribution in [0.4, 0.5) is 0 Å². The topological polar surface area (TPSA) is 63.2 Å². The van der Waals surface area contributed by atoms with Crippen molar-refractivity contribution in [1.82, 2.24) is 5.32 Å². The van der Waals surface area contributed by atoms with E-state index >= 15 is 0 Å². The summed E-state index contributed by atoms with van der Waals surface area (Å²) in [6, 6.07) is 0. The Morgan fingerprint density at radius 1 is 1.47 bits per heavy atom. The summed E-state index contributed by atoms with van der Waals surface area (Å²) >= 11 is 1.51. The van der Waals surface area contributed by atoms with Gasteiger partial charge >= 0.3 is 0 Å². The number of carbonyl (C=O) groups excluding carboxylic acids is 1. The molecule has 0 spiro atoms. The second-order valence-electron chi connectivity index (χ2n) is 2.85. The zero-order chi connectivity index (χ0) is 11.7. The molecule has 0 bridgehead atoms. The van der Waals surface area contributed by atoms with Crippen LogP contribution in [0, 0.1) is 0 Å². The molecule has 0 aromatic rings. The Balaban J connectivity index is 3.41. The molecule has 0 unspecified atom stereocenters. The maximum Gasteiger partial charge on any atom is 0.219 e. The fourth-order valence-corrected chi connectivity index (χ4v) is 2.77. The molecule has 1 N–H and O–H groups in total. The van der Waals surface area contributed by atoms with E-state index in [-0.39, 0.29) is 11.7 Å². The molecule has 0 saturated heterocycles. The van der Waals surface area contributed by atoms with Gasteiger partial charge in [-0.1, -0.05) is 13.5 Å². The molecule has 0 fully saturated rings. The quantitative estimate of drug-likeness (QED) is 0.648. The molecule has 0 aliphatic heterocycles. The average Bonchev–Trinajstić information content (AvgIpc) is 2.22. The van der Waals surface area contributed by atoms with Crippen LogP contribution in [-0.2, 0) is 14.6 Å². The molecule has 4 nitrogen and oxygen atoms in total. The van der Waals surface area contributed by atoms with E-state index in [4.69, 9.17) is 0 Å². The minimum atomic E-state index is -3.07. The molecule has 6 heteroatoms. The Bertz CT molecular complexity index is 298. The van der Waals surface area contributed by atoms with Crippen LogP contribution < -0.4 is 5.32 Å². The van der Waals surface area contributed by atoms with Gasteiger partial charge in [0.2, 0.25) is 5.91 Å². The smallest absolute Gasteiger partial charge is 0.219 e. The molecule has 0 rings (SSSR count). The number of sulfone groups is 1. The largest absolute Gasteiger partial charge is 0.355 e. The van der Waals surface area contributed by atoms with Crippen LogP contribution in [0.5, 0.6) is 0 Å². The Morgan fingerprint density at radius 3 is 2.67 bits per heavy atom. The number of amides is 1. The average molecular weight is 251 g/mol. The Labute approximate surface area is 95.4 Å². The molecule has 0 radical (unpaired) electrons. The highest BCUT2D eigenvalue weighted by Gasteiger charge is 2.03. The highest BCUT2D eigenvalue weighted by atomic mass is 32.2. The van der Waals surface area contributed by atoms with Crippen LogP contribution >= 0.6 is 11.8 Å². The van der Waals surface area contributed by atoms with Crippen LogP contribution in [0.25, 0.3) is 0 Å². The number of thioether (sulfide) groups is 1.